The van der Waals surface area contributed by atoms with Crippen LogP contribution in [-0.2, 0) is 0 Å². The average Bonchev–Trinajstić information content (AvgIpc) is 2.83. The van der Waals surface area contributed by atoms with Gasteiger partial charge in [-0.1, -0.05) is 40.0 Å². The molecule has 1 heterocycles. The van der Waals surface area contributed by atoms with Gasteiger partial charge in [-0.05, 0) is 43.6 Å². The molecule has 1 aliphatic heterocycles. The Bertz CT molecular complexity index is 266. The zero-order valence-electron chi connectivity index (χ0n) is 12.6. The van der Waals surface area contributed by atoms with Crippen LogP contribution in [0.3, 0.4) is 0 Å². The van der Waals surface area contributed by atoms with Crippen molar-refractivity contribution in [3.8, 4) is 0 Å². The van der Waals surface area contributed by atoms with Crippen LogP contribution >= 0.6 is 0 Å². The quantitative estimate of drug-likeness (QED) is 0.832. The molecule has 18 heavy (non-hydrogen) atoms. The molecule has 0 radical (unpaired) electrons. The van der Waals surface area contributed by atoms with Gasteiger partial charge in [0.2, 0.25) is 0 Å². The second-order valence-corrected chi connectivity index (χ2v) is 6.86. The largest absolute Gasteiger partial charge is 0.329 e. The Morgan fingerprint density at radius 2 is 2.06 bits per heavy atom. The fourth-order valence-corrected chi connectivity index (χ4v) is 4.48. The van der Waals surface area contributed by atoms with Crippen molar-refractivity contribution < 1.29 is 0 Å². The molecule has 0 spiro atoms. The normalized spacial score (nSPS) is 42.3. The molecule has 2 aliphatic rings. The number of rotatable bonds is 4. The zero-order chi connectivity index (χ0) is 13.2. The molecule has 2 nitrogen and oxygen atoms in total. The van der Waals surface area contributed by atoms with Gasteiger partial charge in [0, 0.05) is 18.6 Å². The highest BCUT2D eigenvalue weighted by Crippen LogP contribution is 2.43. The summed E-state index contributed by atoms with van der Waals surface area (Å²) in [5.41, 5.74) is 6.57. The standard InChI is InChI=1S/C16H32N2/c1-4-6-15-8-10-18(11-15)16(12-17)9-5-7-13(2)14(16)3/h13-15H,4-12,17H2,1-3H3. The lowest BCUT2D eigenvalue weighted by molar-refractivity contribution is 0.00221. The highest BCUT2D eigenvalue weighted by atomic mass is 15.2. The molecule has 0 aromatic heterocycles. The van der Waals surface area contributed by atoms with Crippen molar-refractivity contribution in [1.82, 2.24) is 4.90 Å². The van der Waals surface area contributed by atoms with Gasteiger partial charge in [-0.2, -0.15) is 0 Å². The van der Waals surface area contributed by atoms with Gasteiger partial charge in [-0.3, -0.25) is 4.90 Å². The molecule has 2 heteroatoms. The van der Waals surface area contributed by atoms with E-state index in [4.69, 9.17) is 5.73 Å². The van der Waals surface area contributed by atoms with Crippen LogP contribution in [0.5, 0.6) is 0 Å². The van der Waals surface area contributed by atoms with Crippen LogP contribution in [0.4, 0.5) is 0 Å². The minimum Gasteiger partial charge on any atom is -0.329 e. The van der Waals surface area contributed by atoms with E-state index in [9.17, 15) is 0 Å². The summed E-state index contributed by atoms with van der Waals surface area (Å²) in [6, 6.07) is 0. The van der Waals surface area contributed by atoms with Gasteiger partial charge in [0.15, 0.2) is 0 Å². The molecule has 0 amide bonds. The van der Waals surface area contributed by atoms with Gasteiger partial charge in [-0.15, -0.1) is 0 Å². The van der Waals surface area contributed by atoms with Crippen molar-refractivity contribution in [3.05, 3.63) is 0 Å². The summed E-state index contributed by atoms with van der Waals surface area (Å²) < 4.78 is 0. The third kappa shape index (κ3) is 2.46. The highest BCUT2D eigenvalue weighted by molar-refractivity contribution is 5.02. The van der Waals surface area contributed by atoms with Crippen LogP contribution < -0.4 is 5.73 Å². The second-order valence-electron chi connectivity index (χ2n) is 6.86. The summed E-state index contributed by atoms with van der Waals surface area (Å²) in [6.45, 7) is 10.6. The van der Waals surface area contributed by atoms with Crippen LogP contribution in [0.1, 0.15) is 59.3 Å². The van der Waals surface area contributed by atoms with Gasteiger partial charge in [-0.25, -0.2) is 0 Å². The molecule has 0 aromatic rings. The number of likely N-dealkylation sites (tertiary alicyclic amines) is 1. The van der Waals surface area contributed by atoms with Crippen LogP contribution in [0.2, 0.25) is 0 Å². The predicted molar refractivity (Wildman–Crippen MR) is 78.6 cm³/mol. The fraction of sp³-hybridized carbons (Fsp3) is 1.00. The summed E-state index contributed by atoms with van der Waals surface area (Å²) in [4.78, 5) is 2.77. The van der Waals surface area contributed by atoms with Crippen molar-refractivity contribution in [2.75, 3.05) is 19.6 Å². The summed E-state index contributed by atoms with van der Waals surface area (Å²) in [6.07, 6.45) is 8.23. The van der Waals surface area contributed by atoms with Crippen LogP contribution in [0.25, 0.3) is 0 Å². The number of hydrogen-bond acceptors (Lipinski definition) is 2. The van der Waals surface area contributed by atoms with Crippen molar-refractivity contribution >= 4 is 0 Å². The molecule has 2 N–H and O–H groups in total. The van der Waals surface area contributed by atoms with E-state index in [0.29, 0.717) is 5.54 Å². The van der Waals surface area contributed by atoms with Gasteiger partial charge in [0.1, 0.15) is 0 Å². The van der Waals surface area contributed by atoms with Crippen molar-refractivity contribution in [1.29, 1.82) is 0 Å². The number of nitrogens with zero attached hydrogens (tertiary/aromatic N) is 1. The Morgan fingerprint density at radius 3 is 2.72 bits per heavy atom. The van der Waals surface area contributed by atoms with Gasteiger partial charge in [0.25, 0.3) is 0 Å². The van der Waals surface area contributed by atoms with Crippen molar-refractivity contribution in [2.45, 2.75) is 64.8 Å². The molecule has 1 saturated heterocycles. The lowest BCUT2D eigenvalue weighted by atomic mass is 9.67. The molecule has 106 valence electrons. The van der Waals surface area contributed by atoms with E-state index in [2.05, 4.69) is 25.7 Å². The smallest absolute Gasteiger partial charge is 0.0359 e. The first-order chi connectivity index (χ1) is 8.64. The molecular formula is C16H32N2. The third-order valence-electron chi connectivity index (χ3n) is 5.94. The summed E-state index contributed by atoms with van der Waals surface area (Å²) in [5, 5.41) is 0. The average molecular weight is 252 g/mol. The SMILES string of the molecule is CCCC1CCN(C2(CN)CCCC(C)C2C)C1. The minimum atomic E-state index is 0.320. The topological polar surface area (TPSA) is 29.3 Å². The zero-order valence-corrected chi connectivity index (χ0v) is 12.6. The predicted octanol–water partition coefficient (Wildman–Crippen LogP) is 3.26. The van der Waals surface area contributed by atoms with Crippen LogP contribution in [0, 0.1) is 17.8 Å². The van der Waals surface area contributed by atoms with E-state index < -0.39 is 0 Å². The number of nitrogens with two attached hydrogens (primary N) is 1. The molecule has 1 saturated carbocycles. The number of hydrogen-bond donors (Lipinski definition) is 1. The molecule has 1 aliphatic carbocycles. The Balaban J connectivity index is 2.08. The van der Waals surface area contributed by atoms with E-state index >= 15 is 0 Å². The molecular weight excluding hydrogens is 220 g/mol. The van der Waals surface area contributed by atoms with Crippen molar-refractivity contribution in [2.24, 2.45) is 23.5 Å². The summed E-state index contributed by atoms with van der Waals surface area (Å²) >= 11 is 0. The minimum absolute atomic E-state index is 0.320. The Morgan fingerprint density at radius 1 is 1.28 bits per heavy atom. The first kappa shape index (κ1) is 14.3. The summed E-state index contributed by atoms with van der Waals surface area (Å²) in [5.74, 6) is 2.53. The van der Waals surface area contributed by atoms with Gasteiger partial charge < -0.3 is 5.73 Å². The molecule has 2 rings (SSSR count). The lowest BCUT2D eigenvalue weighted by Gasteiger charge is -2.51. The van der Waals surface area contributed by atoms with Crippen molar-refractivity contribution in [3.63, 3.8) is 0 Å². The maximum Gasteiger partial charge on any atom is 0.0359 e. The maximum atomic E-state index is 6.25. The van der Waals surface area contributed by atoms with Crippen LogP contribution in [0.15, 0.2) is 0 Å². The van der Waals surface area contributed by atoms with E-state index in [1.165, 1.54) is 51.6 Å². The van der Waals surface area contributed by atoms with Crippen LogP contribution in [-0.4, -0.2) is 30.1 Å². The molecule has 4 atom stereocenters. The molecule has 0 aromatic carbocycles. The van der Waals surface area contributed by atoms with Gasteiger partial charge >= 0.3 is 0 Å². The molecule has 0 bridgehead atoms. The third-order valence-corrected chi connectivity index (χ3v) is 5.94. The first-order valence-corrected chi connectivity index (χ1v) is 8.09. The molecule has 2 fully saturated rings. The molecule has 4 unspecified atom stereocenters. The van der Waals surface area contributed by atoms with E-state index in [-0.39, 0.29) is 0 Å². The van der Waals surface area contributed by atoms with Gasteiger partial charge in [0.05, 0.1) is 0 Å². The lowest BCUT2D eigenvalue weighted by Crippen LogP contribution is -2.60. The van der Waals surface area contributed by atoms with E-state index in [1.807, 2.05) is 0 Å². The fourth-order valence-electron chi connectivity index (χ4n) is 4.48. The van der Waals surface area contributed by atoms with E-state index in [0.717, 1.165) is 24.3 Å². The Kier molecular flexibility index (Phi) is 4.71. The monoisotopic (exact) mass is 252 g/mol. The first-order valence-electron chi connectivity index (χ1n) is 8.09. The Labute approximate surface area is 113 Å². The maximum absolute atomic E-state index is 6.25. The Hall–Kier alpha value is -0.0800. The second kappa shape index (κ2) is 5.92. The van der Waals surface area contributed by atoms with E-state index in [1.54, 1.807) is 0 Å². The summed E-state index contributed by atoms with van der Waals surface area (Å²) in [7, 11) is 0. The highest BCUT2D eigenvalue weighted by Gasteiger charge is 2.46.